The van der Waals surface area contributed by atoms with Crippen molar-refractivity contribution >= 4 is 17.1 Å². The summed E-state index contributed by atoms with van der Waals surface area (Å²) < 4.78 is 6.35. The maximum absolute atomic E-state index is 6.35. The van der Waals surface area contributed by atoms with E-state index in [1.54, 1.807) is 0 Å². The molecule has 0 atom stereocenters. The van der Waals surface area contributed by atoms with E-state index >= 15 is 0 Å². The van der Waals surface area contributed by atoms with Crippen LogP contribution in [0.25, 0.3) is 56.2 Å². The quantitative estimate of drug-likeness (QED) is 0.181. The number of hydrogen-bond acceptors (Lipinski definition) is 5. The van der Waals surface area contributed by atoms with Crippen LogP contribution >= 0.6 is 0 Å². The van der Waals surface area contributed by atoms with Gasteiger partial charge in [-0.05, 0) is 82.9 Å². The number of rotatable bonds is 6. The number of hydrogen-bond donors (Lipinski definition) is 0. The van der Waals surface area contributed by atoms with Gasteiger partial charge in [-0.3, -0.25) is 4.98 Å². The van der Waals surface area contributed by atoms with Gasteiger partial charge in [0, 0.05) is 34.8 Å². The number of benzene rings is 6. The summed E-state index contributed by atoms with van der Waals surface area (Å²) in [7, 11) is 0. The third-order valence-electron chi connectivity index (χ3n) is 8.96. The summed E-state index contributed by atoms with van der Waals surface area (Å²) >= 11 is 0. The normalized spacial score (nSPS) is 11.7. The van der Waals surface area contributed by atoms with Gasteiger partial charge in [0.15, 0.2) is 17.3 Å². The second kappa shape index (κ2) is 12.6. The van der Waals surface area contributed by atoms with Crippen molar-refractivity contribution in [3.63, 3.8) is 0 Å². The Bertz CT molecular complexity index is 2400. The highest BCUT2D eigenvalue weighted by molar-refractivity contribution is 5.90. The van der Waals surface area contributed by atoms with Crippen LogP contribution < -0.4 is 9.64 Å². The van der Waals surface area contributed by atoms with Gasteiger partial charge >= 0.3 is 0 Å². The molecule has 1 aliphatic rings. The Labute approximate surface area is 290 Å². The molecule has 0 unspecified atom stereocenters. The van der Waals surface area contributed by atoms with Gasteiger partial charge in [-0.25, -0.2) is 9.97 Å². The molecule has 0 saturated heterocycles. The molecule has 9 rings (SSSR count). The standard InChI is InChI=1S/C45H30N4O/c1-3-11-31(12-4-1)32-19-21-34(22-20-32)39-30-40(48-45(47-39)35-13-5-2-6-14-35)37-27-36(33-23-25-46-26-24-33)28-38(29-37)49-41-15-7-9-17-43(41)50-44-18-10-8-16-42(44)49/h1-30H. The van der Waals surface area contributed by atoms with E-state index in [4.69, 9.17) is 14.7 Å². The summed E-state index contributed by atoms with van der Waals surface area (Å²) in [6.45, 7) is 0. The minimum absolute atomic E-state index is 0.670. The van der Waals surface area contributed by atoms with Gasteiger partial charge in [0.25, 0.3) is 0 Å². The average Bonchev–Trinajstić information content (AvgIpc) is 3.20. The molecular weight excluding hydrogens is 613 g/mol. The smallest absolute Gasteiger partial charge is 0.160 e. The lowest BCUT2D eigenvalue weighted by Crippen LogP contribution is -2.15. The Morgan fingerprint density at radius 1 is 0.380 bits per heavy atom. The molecule has 0 N–H and O–H groups in total. The summed E-state index contributed by atoms with van der Waals surface area (Å²) in [5.74, 6) is 2.27. The van der Waals surface area contributed by atoms with Crippen LogP contribution in [0.5, 0.6) is 11.5 Å². The molecule has 8 aromatic rings. The van der Waals surface area contributed by atoms with Gasteiger partial charge in [-0.1, -0.05) is 109 Å². The lowest BCUT2D eigenvalue weighted by atomic mass is 9.98. The highest BCUT2D eigenvalue weighted by atomic mass is 16.5. The summed E-state index contributed by atoms with van der Waals surface area (Å²) in [5, 5.41) is 0. The van der Waals surface area contributed by atoms with E-state index in [1.807, 2.05) is 85.2 Å². The Hall–Kier alpha value is -6.85. The van der Waals surface area contributed by atoms with E-state index in [0.29, 0.717) is 5.82 Å². The van der Waals surface area contributed by atoms with Gasteiger partial charge in [0.1, 0.15) is 0 Å². The van der Waals surface area contributed by atoms with Crippen LogP contribution in [0.3, 0.4) is 0 Å². The first kappa shape index (κ1) is 29.3. The zero-order valence-electron chi connectivity index (χ0n) is 27.0. The van der Waals surface area contributed by atoms with Crippen LogP contribution in [0, 0.1) is 0 Å². The predicted molar refractivity (Wildman–Crippen MR) is 202 cm³/mol. The van der Waals surface area contributed by atoms with Crippen LogP contribution in [0.4, 0.5) is 17.1 Å². The molecule has 5 heteroatoms. The van der Waals surface area contributed by atoms with E-state index in [9.17, 15) is 0 Å². The first-order chi connectivity index (χ1) is 24.8. The van der Waals surface area contributed by atoms with Gasteiger partial charge in [-0.2, -0.15) is 0 Å². The third-order valence-corrected chi connectivity index (χ3v) is 8.96. The van der Waals surface area contributed by atoms with Gasteiger partial charge < -0.3 is 9.64 Å². The highest BCUT2D eigenvalue weighted by Gasteiger charge is 2.26. The fraction of sp³-hybridized carbons (Fsp3) is 0. The average molecular weight is 643 g/mol. The number of fused-ring (bicyclic) bond motifs is 2. The molecule has 236 valence electrons. The van der Waals surface area contributed by atoms with E-state index in [1.165, 1.54) is 5.56 Å². The Morgan fingerprint density at radius 3 is 1.54 bits per heavy atom. The topological polar surface area (TPSA) is 51.1 Å². The van der Waals surface area contributed by atoms with Gasteiger partial charge in [-0.15, -0.1) is 0 Å². The number of para-hydroxylation sites is 4. The van der Waals surface area contributed by atoms with Crippen LogP contribution in [0.2, 0.25) is 0 Å². The number of nitrogens with zero attached hydrogens (tertiary/aromatic N) is 4. The first-order valence-corrected chi connectivity index (χ1v) is 16.6. The number of aromatic nitrogens is 3. The molecule has 2 aromatic heterocycles. The predicted octanol–water partition coefficient (Wildman–Crippen LogP) is 11.8. The van der Waals surface area contributed by atoms with Crippen molar-refractivity contribution in [3.8, 4) is 67.7 Å². The largest absolute Gasteiger partial charge is 0.453 e. The SMILES string of the molecule is c1ccc(-c2ccc(-c3cc(-c4cc(-c5ccncc5)cc(N5c6ccccc6Oc6ccccc65)c4)nc(-c4ccccc4)n3)cc2)cc1. The van der Waals surface area contributed by atoms with E-state index in [0.717, 1.165) is 73.3 Å². The fourth-order valence-corrected chi connectivity index (χ4v) is 6.51. The molecule has 3 heterocycles. The van der Waals surface area contributed by atoms with E-state index in [2.05, 4.69) is 107 Å². The minimum Gasteiger partial charge on any atom is -0.453 e. The van der Waals surface area contributed by atoms with E-state index < -0.39 is 0 Å². The lowest BCUT2D eigenvalue weighted by Gasteiger charge is -2.33. The number of pyridine rings is 1. The lowest BCUT2D eigenvalue weighted by molar-refractivity contribution is 0.477. The van der Waals surface area contributed by atoms with Crippen LogP contribution in [-0.4, -0.2) is 15.0 Å². The zero-order valence-corrected chi connectivity index (χ0v) is 27.0. The molecule has 0 amide bonds. The second-order valence-corrected chi connectivity index (χ2v) is 12.1. The Balaban J connectivity index is 1.24. The Kier molecular flexibility index (Phi) is 7.41. The van der Waals surface area contributed by atoms with Crippen molar-refractivity contribution in [3.05, 3.63) is 182 Å². The van der Waals surface area contributed by atoms with Crippen LogP contribution in [0.15, 0.2) is 182 Å². The summed E-state index contributed by atoms with van der Waals surface area (Å²) in [4.78, 5) is 16.9. The fourth-order valence-electron chi connectivity index (χ4n) is 6.51. The molecule has 1 aliphatic heterocycles. The molecule has 6 aromatic carbocycles. The summed E-state index contributed by atoms with van der Waals surface area (Å²) in [6, 6.07) is 58.3. The molecule has 0 saturated carbocycles. The molecule has 5 nitrogen and oxygen atoms in total. The number of anilines is 3. The molecule has 0 aliphatic carbocycles. The van der Waals surface area contributed by atoms with Gasteiger partial charge in [0.2, 0.25) is 0 Å². The second-order valence-electron chi connectivity index (χ2n) is 12.1. The van der Waals surface area contributed by atoms with Crippen LogP contribution in [0.1, 0.15) is 0 Å². The highest BCUT2D eigenvalue weighted by Crippen LogP contribution is 2.51. The summed E-state index contributed by atoms with van der Waals surface area (Å²) in [6.07, 6.45) is 3.66. The minimum atomic E-state index is 0.670. The van der Waals surface area contributed by atoms with Crippen molar-refractivity contribution in [1.29, 1.82) is 0 Å². The Morgan fingerprint density at radius 2 is 0.880 bits per heavy atom. The van der Waals surface area contributed by atoms with Gasteiger partial charge in [0.05, 0.1) is 22.8 Å². The van der Waals surface area contributed by atoms with Crippen molar-refractivity contribution in [1.82, 2.24) is 15.0 Å². The molecular formula is C45H30N4O. The maximum atomic E-state index is 6.35. The molecule has 0 bridgehead atoms. The molecule has 0 spiro atoms. The molecule has 0 radical (unpaired) electrons. The monoisotopic (exact) mass is 642 g/mol. The third kappa shape index (κ3) is 5.57. The summed E-state index contributed by atoms with van der Waals surface area (Å²) in [5.41, 5.74) is 12.0. The molecule has 0 fully saturated rings. The van der Waals surface area contributed by atoms with Crippen molar-refractivity contribution < 1.29 is 4.74 Å². The van der Waals surface area contributed by atoms with E-state index in [-0.39, 0.29) is 0 Å². The number of ether oxygens (including phenoxy) is 1. The maximum Gasteiger partial charge on any atom is 0.160 e. The zero-order chi connectivity index (χ0) is 33.3. The van der Waals surface area contributed by atoms with Crippen molar-refractivity contribution in [2.75, 3.05) is 4.90 Å². The van der Waals surface area contributed by atoms with Crippen LogP contribution in [-0.2, 0) is 0 Å². The molecule has 50 heavy (non-hydrogen) atoms. The van der Waals surface area contributed by atoms with Crippen molar-refractivity contribution in [2.45, 2.75) is 0 Å². The van der Waals surface area contributed by atoms with Crippen molar-refractivity contribution in [2.24, 2.45) is 0 Å². The first-order valence-electron chi connectivity index (χ1n) is 16.6.